The van der Waals surface area contributed by atoms with E-state index in [9.17, 15) is 9.59 Å². The number of carbonyl (C=O) groups is 2. The molecule has 2 amide bonds. The van der Waals surface area contributed by atoms with Gasteiger partial charge in [0.05, 0.1) is 19.8 Å². The number of carbonyl (C=O) groups excluding carboxylic acids is 2. The summed E-state index contributed by atoms with van der Waals surface area (Å²) >= 11 is 0. The number of ether oxygens (including phenoxy) is 1. The minimum Gasteiger partial charge on any atom is -0.379 e. The van der Waals surface area contributed by atoms with E-state index < -0.39 is 0 Å². The molecular weight excluding hydrogens is 268 g/mol. The molecule has 2 saturated heterocycles. The lowest BCUT2D eigenvalue weighted by Crippen LogP contribution is -2.45. The Hall–Kier alpha value is -1.72. The number of morpholine rings is 1. The van der Waals surface area contributed by atoms with Crippen LogP contribution in [0.15, 0.2) is 30.3 Å². The van der Waals surface area contributed by atoms with Gasteiger partial charge in [0.25, 0.3) is 0 Å². The number of amides is 2. The number of nitrogens with zero attached hydrogens (tertiary/aromatic N) is 2. The Morgan fingerprint density at radius 1 is 1.19 bits per heavy atom. The molecule has 1 atom stereocenters. The lowest BCUT2D eigenvalue weighted by molar-refractivity contribution is -0.143. The predicted molar refractivity (Wildman–Crippen MR) is 77.8 cm³/mol. The molecule has 0 unspecified atom stereocenters. The van der Waals surface area contributed by atoms with Crippen LogP contribution in [0.25, 0.3) is 0 Å². The molecule has 1 aromatic carbocycles. The van der Waals surface area contributed by atoms with Crippen LogP contribution in [-0.4, -0.2) is 61.0 Å². The van der Waals surface area contributed by atoms with E-state index in [4.69, 9.17) is 4.74 Å². The van der Waals surface area contributed by atoms with E-state index in [-0.39, 0.29) is 17.7 Å². The molecule has 21 heavy (non-hydrogen) atoms. The highest BCUT2D eigenvalue weighted by molar-refractivity contribution is 5.98. The molecule has 0 N–H and O–H groups in total. The van der Waals surface area contributed by atoms with Gasteiger partial charge in [0.15, 0.2) is 0 Å². The van der Waals surface area contributed by atoms with Gasteiger partial charge in [-0.05, 0) is 5.56 Å². The standard InChI is InChI=1S/C16H20N2O3/c19-15-10-14(13-4-2-1-3-5-13)11-18(15)16(20)12-17-6-8-21-9-7-17/h1-5,14H,6-12H2/t14-/m0/s1. The average Bonchev–Trinajstić information content (AvgIpc) is 2.91. The zero-order chi connectivity index (χ0) is 14.7. The molecule has 0 aliphatic carbocycles. The second-order valence-electron chi connectivity index (χ2n) is 5.60. The maximum atomic E-state index is 12.3. The van der Waals surface area contributed by atoms with Gasteiger partial charge in [0, 0.05) is 32.0 Å². The normalized spacial score (nSPS) is 23.5. The second-order valence-corrected chi connectivity index (χ2v) is 5.60. The Morgan fingerprint density at radius 2 is 1.90 bits per heavy atom. The Morgan fingerprint density at radius 3 is 2.62 bits per heavy atom. The maximum absolute atomic E-state index is 12.3. The van der Waals surface area contributed by atoms with Crippen LogP contribution in [0, 0.1) is 0 Å². The minimum atomic E-state index is -0.0830. The van der Waals surface area contributed by atoms with E-state index in [0.717, 1.165) is 18.7 Å². The highest BCUT2D eigenvalue weighted by Gasteiger charge is 2.35. The summed E-state index contributed by atoms with van der Waals surface area (Å²) in [4.78, 5) is 27.9. The third-order valence-corrected chi connectivity index (χ3v) is 4.16. The van der Waals surface area contributed by atoms with Gasteiger partial charge in [-0.3, -0.25) is 19.4 Å². The summed E-state index contributed by atoms with van der Waals surface area (Å²) in [5.41, 5.74) is 1.13. The fourth-order valence-electron chi connectivity index (χ4n) is 2.93. The number of hydrogen-bond donors (Lipinski definition) is 0. The second kappa shape index (κ2) is 6.37. The van der Waals surface area contributed by atoms with Gasteiger partial charge in [-0.25, -0.2) is 0 Å². The van der Waals surface area contributed by atoms with E-state index >= 15 is 0 Å². The van der Waals surface area contributed by atoms with Gasteiger partial charge in [0.2, 0.25) is 11.8 Å². The maximum Gasteiger partial charge on any atom is 0.243 e. The fourth-order valence-corrected chi connectivity index (χ4v) is 2.93. The SMILES string of the molecule is O=C1C[C@H](c2ccccc2)CN1C(=O)CN1CCOCC1. The average molecular weight is 288 g/mol. The molecule has 2 fully saturated rings. The van der Waals surface area contributed by atoms with Gasteiger partial charge >= 0.3 is 0 Å². The van der Waals surface area contributed by atoms with Crippen molar-refractivity contribution >= 4 is 11.8 Å². The van der Waals surface area contributed by atoms with Crippen molar-refractivity contribution in [1.82, 2.24) is 9.80 Å². The lowest BCUT2D eigenvalue weighted by Gasteiger charge is -2.27. The van der Waals surface area contributed by atoms with Crippen molar-refractivity contribution in [1.29, 1.82) is 0 Å². The van der Waals surface area contributed by atoms with Crippen molar-refractivity contribution in [3.05, 3.63) is 35.9 Å². The predicted octanol–water partition coefficient (Wildman–Crippen LogP) is 0.861. The topological polar surface area (TPSA) is 49.9 Å². The Labute approximate surface area is 124 Å². The summed E-state index contributed by atoms with van der Waals surface area (Å²) in [5, 5.41) is 0. The summed E-state index contributed by atoms with van der Waals surface area (Å²) in [7, 11) is 0. The molecule has 3 rings (SSSR count). The van der Waals surface area contributed by atoms with Crippen molar-refractivity contribution < 1.29 is 14.3 Å². The van der Waals surface area contributed by atoms with Crippen LogP contribution in [0.5, 0.6) is 0 Å². The molecule has 5 nitrogen and oxygen atoms in total. The monoisotopic (exact) mass is 288 g/mol. The first-order chi connectivity index (χ1) is 10.2. The Kier molecular flexibility index (Phi) is 4.31. The van der Waals surface area contributed by atoms with E-state index in [1.165, 1.54) is 4.90 Å². The Bertz CT molecular complexity index is 512. The Balaban J connectivity index is 1.60. The lowest BCUT2D eigenvalue weighted by atomic mass is 9.99. The van der Waals surface area contributed by atoms with Crippen LogP contribution in [-0.2, 0) is 14.3 Å². The number of hydrogen-bond acceptors (Lipinski definition) is 4. The molecule has 0 saturated carbocycles. The highest BCUT2D eigenvalue weighted by atomic mass is 16.5. The van der Waals surface area contributed by atoms with Gasteiger partial charge in [-0.1, -0.05) is 30.3 Å². The number of likely N-dealkylation sites (tertiary alicyclic amines) is 1. The van der Waals surface area contributed by atoms with Crippen LogP contribution in [0.4, 0.5) is 0 Å². The van der Waals surface area contributed by atoms with Crippen molar-refractivity contribution in [2.24, 2.45) is 0 Å². The van der Waals surface area contributed by atoms with Gasteiger partial charge in [-0.2, -0.15) is 0 Å². The first-order valence-electron chi connectivity index (χ1n) is 7.42. The van der Waals surface area contributed by atoms with E-state index in [2.05, 4.69) is 4.90 Å². The third-order valence-electron chi connectivity index (χ3n) is 4.16. The van der Waals surface area contributed by atoms with Crippen LogP contribution < -0.4 is 0 Å². The summed E-state index contributed by atoms with van der Waals surface area (Å²) < 4.78 is 5.27. The highest BCUT2D eigenvalue weighted by Crippen LogP contribution is 2.28. The quantitative estimate of drug-likeness (QED) is 0.828. The fraction of sp³-hybridized carbons (Fsp3) is 0.500. The molecule has 5 heteroatoms. The summed E-state index contributed by atoms with van der Waals surface area (Å²) in [5.74, 6) is -0.00483. The van der Waals surface area contributed by atoms with Crippen molar-refractivity contribution in [3.63, 3.8) is 0 Å². The molecule has 0 radical (unpaired) electrons. The zero-order valence-corrected chi connectivity index (χ0v) is 12.0. The number of benzene rings is 1. The number of imide groups is 1. The minimum absolute atomic E-state index is 0.0536. The number of rotatable bonds is 3. The van der Waals surface area contributed by atoms with E-state index in [1.54, 1.807) is 0 Å². The van der Waals surface area contributed by atoms with Crippen molar-refractivity contribution in [3.8, 4) is 0 Å². The summed E-state index contributed by atoms with van der Waals surface area (Å²) in [6, 6.07) is 9.94. The molecule has 2 aliphatic rings. The summed E-state index contributed by atoms with van der Waals surface area (Å²) in [6.07, 6.45) is 0.429. The smallest absolute Gasteiger partial charge is 0.243 e. The molecule has 112 valence electrons. The molecule has 1 aromatic rings. The summed E-state index contributed by atoms with van der Waals surface area (Å²) in [6.45, 7) is 3.66. The van der Waals surface area contributed by atoms with Crippen LogP contribution in [0.2, 0.25) is 0 Å². The van der Waals surface area contributed by atoms with Crippen molar-refractivity contribution in [2.45, 2.75) is 12.3 Å². The van der Waals surface area contributed by atoms with Gasteiger partial charge in [0.1, 0.15) is 0 Å². The molecule has 2 heterocycles. The molecule has 2 aliphatic heterocycles. The molecule has 0 aromatic heterocycles. The first-order valence-corrected chi connectivity index (χ1v) is 7.42. The van der Waals surface area contributed by atoms with Crippen molar-refractivity contribution in [2.75, 3.05) is 39.4 Å². The molecule has 0 bridgehead atoms. The van der Waals surface area contributed by atoms with Gasteiger partial charge < -0.3 is 4.74 Å². The molecular formula is C16H20N2O3. The first kappa shape index (κ1) is 14.2. The zero-order valence-electron chi connectivity index (χ0n) is 12.0. The molecule has 0 spiro atoms. The van der Waals surface area contributed by atoms with Crippen LogP contribution >= 0.6 is 0 Å². The largest absolute Gasteiger partial charge is 0.379 e. The third kappa shape index (κ3) is 3.31. The van der Waals surface area contributed by atoms with Crippen LogP contribution in [0.1, 0.15) is 17.9 Å². The van der Waals surface area contributed by atoms with E-state index in [1.807, 2.05) is 30.3 Å². The van der Waals surface area contributed by atoms with Crippen LogP contribution in [0.3, 0.4) is 0 Å². The van der Waals surface area contributed by atoms with Gasteiger partial charge in [-0.15, -0.1) is 0 Å². The van der Waals surface area contributed by atoms with E-state index in [0.29, 0.717) is 32.7 Å².